The van der Waals surface area contributed by atoms with Crippen molar-refractivity contribution in [2.45, 2.75) is 31.7 Å². The molecule has 2 fully saturated rings. The van der Waals surface area contributed by atoms with Crippen LogP contribution in [0.1, 0.15) is 35.5 Å². The van der Waals surface area contributed by atoms with E-state index in [9.17, 15) is 22.4 Å². The highest BCUT2D eigenvalue weighted by atomic mass is 19.4. The topological polar surface area (TPSA) is 112 Å². The Morgan fingerprint density at radius 2 is 1.71 bits per heavy atom. The Hall–Kier alpha value is -4.39. The van der Waals surface area contributed by atoms with Gasteiger partial charge in [-0.05, 0) is 55.8 Å². The van der Waals surface area contributed by atoms with Crippen molar-refractivity contribution in [3.63, 3.8) is 0 Å². The molecule has 0 radical (unpaired) electrons. The summed E-state index contributed by atoms with van der Waals surface area (Å²) < 4.78 is 61.8. The second-order valence-corrected chi connectivity index (χ2v) is 10.8. The molecule has 13 heteroatoms. The molecule has 3 aromatic heterocycles. The number of carbonyl (C=O) groups is 1. The van der Waals surface area contributed by atoms with Crippen LogP contribution in [-0.2, 0) is 11.7 Å². The van der Waals surface area contributed by atoms with Crippen molar-refractivity contribution in [1.29, 1.82) is 0 Å². The summed E-state index contributed by atoms with van der Waals surface area (Å²) in [5.74, 6) is -1.01. The molecule has 3 atom stereocenters. The highest BCUT2D eigenvalue weighted by Crippen LogP contribution is 2.48. The van der Waals surface area contributed by atoms with Crippen molar-refractivity contribution < 1.29 is 27.1 Å². The predicted octanol–water partition coefficient (Wildman–Crippen LogP) is 4.23. The molecular weight excluding hydrogens is 542 g/mol. The smallest absolute Gasteiger partial charge is 0.435 e. The highest BCUT2D eigenvalue weighted by molar-refractivity contribution is 5.95. The summed E-state index contributed by atoms with van der Waals surface area (Å²) in [6.45, 7) is 4.14. The third-order valence-corrected chi connectivity index (χ3v) is 7.32. The number of fused-ring (bicyclic) bond motifs is 1. The summed E-state index contributed by atoms with van der Waals surface area (Å²) in [4.78, 5) is 27.0. The number of halogens is 4. The minimum Gasteiger partial charge on any atom is -0.474 e. The number of hydrogen-bond acceptors (Lipinski definition) is 7. The maximum atomic E-state index is 13.8. The molecule has 1 aliphatic carbocycles. The average Bonchev–Trinajstić information content (AvgIpc) is 3.29. The zero-order valence-corrected chi connectivity index (χ0v) is 22.0. The fourth-order valence-electron chi connectivity index (χ4n) is 5.08. The molecular formula is C28H25F4N7O2. The van der Waals surface area contributed by atoms with Gasteiger partial charge in [0.25, 0.3) is 5.91 Å². The van der Waals surface area contributed by atoms with Crippen molar-refractivity contribution in [3.8, 4) is 23.1 Å². The van der Waals surface area contributed by atoms with Gasteiger partial charge in [-0.1, -0.05) is 0 Å². The normalized spacial score (nSPS) is 20.2. The predicted molar refractivity (Wildman–Crippen MR) is 138 cm³/mol. The summed E-state index contributed by atoms with van der Waals surface area (Å²) in [6, 6.07) is 11.0. The van der Waals surface area contributed by atoms with Crippen LogP contribution in [0.5, 0.6) is 5.88 Å². The molecule has 0 spiro atoms. The molecule has 4 heterocycles. The second kappa shape index (κ2) is 9.61. The van der Waals surface area contributed by atoms with Gasteiger partial charge in [-0.25, -0.2) is 24.0 Å². The van der Waals surface area contributed by atoms with Crippen LogP contribution in [0.15, 0.2) is 61.1 Å². The van der Waals surface area contributed by atoms with Gasteiger partial charge in [0.05, 0.1) is 11.3 Å². The first-order chi connectivity index (χ1) is 19.4. The molecule has 212 valence electrons. The van der Waals surface area contributed by atoms with E-state index in [1.165, 1.54) is 35.5 Å². The lowest BCUT2D eigenvalue weighted by Crippen LogP contribution is -2.34. The largest absolute Gasteiger partial charge is 0.474 e. The lowest BCUT2D eigenvalue weighted by molar-refractivity contribution is -0.141. The molecule has 0 bridgehead atoms. The third kappa shape index (κ3) is 5.24. The second-order valence-electron chi connectivity index (χ2n) is 10.8. The maximum absolute atomic E-state index is 13.8. The Balaban J connectivity index is 1.19. The number of benzene rings is 1. The van der Waals surface area contributed by atoms with Gasteiger partial charge in [0, 0.05) is 60.7 Å². The number of carbonyl (C=O) groups excluding carboxylic acids is 1. The Morgan fingerprint density at radius 3 is 2.32 bits per heavy atom. The van der Waals surface area contributed by atoms with Gasteiger partial charge in [-0.3, -0.25) is 4.79 Å². The van der Waals surface area contributed by atoms with Crippen LogP contribution in [0, 0.1) is 17.7 Å². The third-order valence-electron chi connectivity index (χ3n) is 7.32. The van der Waals surface area contributed by atoms with Crippen LogP contribution in [0.3, 0.4) is 0 Å². The Labute approximate surface area is 232 Å². The summed E-state index contributed by atoms with van der Waals surface area (Å²) >= 11 is 0. The number of likely N-dealkylation sites (tertiary alicyclic amines) is 1. The van der Waals surface area contributed by atoms with Crippen LogP contribution in [-0.4, -0.2) is 54.7 Å². The lowest BCUT2D eigenvalue weighted by Gasteiger charge is -2.22. The van der Waals surface area contributed by atoms with E-state index in [4.69, 9.17) is 10.5 Å². The summed E-state index contributed by atoms with van der Waals surface area (Å²) in [5, 5.41) is 3.57. The van der Waals surface area contributed by atoms with Gasteiger partial charge < -0.3 is 15.4 Å². The van der Waals surface area contributed by atoms with Gasteiger partial charge in [-0.2, -0.15) is 18.3 Å². The molecule has 1 saturated carbocycles. The van der Waals surface area contributed by atoms with Gasteiger partial charge in [0.15, 0.2) is 5.69 Å². The van der Waals surface area contributed by atoms with E-state index in [0.717, 1.165) is 16.4 Å². The van der Waals surface area contributed by atoms with E-state index in [1.807, 2.05) is 19.9 Å². The highest BCUT2D eigenvalue weighted by Gasteiger charge is 2.59. The number of alkyl halides is 3. The molecule has 6 rings (SSSR count). The minimum atomic E-state index is -4.84. The number of rotatable bonds is 6. The van der Waals surface area contributed by atoms with E-state index in [0.29, 0.717) is 17.1 Å². The minimum absolute atomic E-state index is 0.0635. The first-order valence-corrected chi connectivity index (χ1v) is 12.9. The number of nitrogens with two attached hydrogens (primary N) is 1. The summed E-state index contributed by atoms with van der Waals surface area (Å²) in [7, 11) is 0. The quantitative estimate of drug-likeness (QED) is 0.347. The van der Waals surface area contributed by atoms with Crippen LogP contribution in [0.25, 0.3) is 17.2 Å². The van der Waals surface area contributed by atoms with Crippen molar-refractivity contribution in [2.24, 2.45) is 17.6 Å². The van der Waals surface area contributed by atoms with Gasteiger partial charge in [0.1, 0.15) is 11.9 Å². The Kier molecular flexibility index (Phi) is 6.29. The van der Waals surface area contributed by atoms with Crippen molar-refractivity contribution >= 4 is 5.91 Å². The van der Waals surface area contributed by atoms with Crippen LogP contribution in [0.4, 0.5) is 17.6 Å². The number of aromatic nitrogens is 5. The SMILES string of the molecule is CC(C)(N)c1cc(OC2[C@H]3CN(C(=O)c4cn(-c5ncccn5)nc4C(F)(F)F)C[C@@H]23)nc(-c2ccc(F)cc2)c1. The van der Waals surface area contributed by atoms with Crippen molar-refractivity contribution in [2.75, 3.05) is 13.1 Å². The van der Waals surface area contributed by atoms with Gasteiger partial charge in [-0.15, -0.1) is 0 Å². The summed E-state index contributed by atoms with van der Waals surface area (Å²) in [5.41, 5.74) is 5.81. The molecule has 1 aliphatic heterocycles. The van der Waals surface area contributed by atoms with Crippen LogP contribution in [0.2, 0.25) is 0 Å². The number of nitrogens with zero attached hydrogens (tertiary/aromatic N) is 6. The fourth-order valence-corrected chi connectivity index (χ4v) is 5.08. The maximum Gasteiger partial charge on any atom is 0.435 e. The Morgan fingerprint density at radius 1 is 1.05 bits per heavy atom. The molecule has 9 nitrogen and oxygen atoms in total. The number of hydrogen-bond donors (Lipinski definition) is 1. The first-order valence-electron chi connectivity index (χ1n) is 12.9. The first kappa shape index (κ1) is 26.8. The Bertz CT molecular complexity index is 1590. The molecule has 2 N–H and O–H groups in total. The van der Waals surface area contributed by atoms with Gasteiger partial charge >= 0.3 is 6.18 Å². The summed E-state index contributed by atoms with van der Waals surface area (Å²) in [6.07, 6.45) is -1.34. The molecule has 1 unspecified atom stereocenters. The molecule has 1 amide bonds. The molecule has 2 aliphatic rings. The van der Waals surface area contributed by atoms with E-state index < -0.39 is 28.9 Å². The van der Waals surface area contributed by atoms with Crippen molar-refractivity contribution in [1.82, 2.24) is 29.6 Å². The fraction of sp³-hybridized carbons (Fsp3) is 0.321. The van der Waals surface area contributed by atoms with E-state index in [-0.39, 0.29) is 42.8 Å². The number of ether oxygens (including phenoxy) is 1. The molecule has 1 aromatic carbocycles. The number of piperidine rings is 1. The van der Waals surface area contributed by atoms with E-state index in [1.54, 1.807) is 18.2 Å². The van der Waals surface area contributed by atoms with Crippen LogP contribution < -0.4 is 10.5 Å². The van der Waals surface area contributed by atoms with Crippen LogP contribution >= 0.6 is 0 Å². The zero-order valence-electron chi connectivity index (χ0n) is 22.0. The number of amides is 1. The molecule has 4 aromatic rings. The van der Waals surface area contributed by atoms with E-state index in [2.05, 4.69) is 20.1 Å². The standard InChI is InChI=1S/C28H25F4N7O2/c1-27(2,33)16-10-21(15-4-6-17(29)7-5-15)36-22(11-16)41-23-18-12-38(13-19(18)23)25(40)20-14-39(26-34-8-3-9-35-26)37-24(20)28(30,31)32/h3-11,14,18-19,23H,12-13,33H2,1-2H3/t18-,19+,23?. The average molecular weight is 568 g/mol. The lowest BCUT2D eigenvalue weighted by atomic mass is 9.95. The molecule has 41 heavy (non-hydrogen) atoms. The monoisotopic (exact) mass is 567 g/mol. The van der Waals surface area contributed by atoms with E-state index >= 15 is 0 Å². The zero-order chi connectivity index (χ0) is 29.1. The molecule has 1 saturated heterocycles. The number of pyridine rings is 1. The van der Waals surface area contributed by atoms with Gasteiger partial charge in [0.2, 0.25) is 11.8 Å². The van der Waals surface area contributed by atoms with Crippen molar-refractivity contribution in [3.05, 3.63) is 83.7 Å².